The Kier molecular flexibility index (Phi) is 3.77. The fraction of sp³-hybridized carbons (Fsp3) is 0.286. The molecule has 0 aliphatic carbocycles. The maximum absolute atomic E-state index is 5.29. The van der Waals surface area contributed by atoms with Crippen molar-refractivity contribution in [3.05, 3.63) is 36.3 Å². The molecule has 1 aromatic carbocycles. The summed E-state index contributed by atoms with van der Waals surface area (Å²) in [5.41, 5.74) is 2.90. The molecule has 0 unspecified atom stereocenters. The molecule has 94 valence electrons. The summed E-state index contributed by atoms with van der Waals surface area (Å²) < 4.78 is 10.5. The smallest absolute Gasteiger partial charge is 0.161 e. The van der Waals surface area contributed by atoms with Gasteiger partial charge < -0.3 is 9.47 Å². The first-order valence-electron chi connectivity index (χ1n) is 5.81. The molecule has 0 radical (unpaired) electrons. The highest BCUT2D eigenvalue weighted by atomic mass is 16.5. The third-order valence-corrected chi connectivity index (χ3v) is 2.77. The van der Waals surface area contributed by atoms with Gasteiger partial charge in [0.15, 0.2) is 11.5 Å². The molecular formula is C14H16N2O2. The quantitative estimate of drug-likeness (QED) is 0.829. The number of benzene rings is 1. The maximum Gasteiger partial charge on any atom is 0.161 e. The summed E-state index contributed by atoms with van der Waals surface area (Å²) in [6, 6.07) is 7.74. The molecule has 4 heteroatoms. The minimum Gasteiger partial charge on any atom is -0.493 e. The van der Waals surface area contributed by atoms with E-state index in [2.05, 4.69) is 16.9 Å². The van der Waals surface area contributed by atoms with Crippen LogP contribution in [0.5, 0.6) is 11.5 Å². The molecule has 0 bridgehead atoms. The van der Waals surface area contributed by atoms with Crippen LogP contribution in [0.25, 0.3) is 11.3 Å². The summed E-state index contributed by atoms with van der Waals surface area (Å²) in [7, 11) is 3.25. The van der Waals surface area contributed by atoms with Crippen LogP contribution in [0.15, 0.2) is 30.6 Å². The van der Waals surface area contributed by atoms with E-state index in [-0.39, 0.29) is 0 Å². The molecule has 4 nitrogen and oxygen atoms in total. The van der Waals surface area contributed by atoms with Crippen molar-refractivity contribution >= 4 is 0 Å². The van der Waals surface area contributed by atoms with Gasteiger partial charge >= 0.3 is 0 Å². The number of aromatic nitrogens is 2. The largest absolute Gasteiger partial charge is 0.493 e. The number of methoxy groups -OCH3 is 2. The van der Waals surface area contributed by atoms with Crippen LogP contribution in [0, 0.1) is 0 Å². The second-order valence-corrected chi connectivity index (χ2v) is 3.82. The van der Waals surface area contributed by atoms with E-state index in [4.69, 9.17) is 9.47 Å². The Morgan fingerprint density at radius 3 is 2.44 bits per heavy atom. The molecular weight excluding hydrogens is 228 g/mol. The first-order valence-corrected chi connectivity index (χ1v) is 5.81. The Morgan fingerprint density at radius 2 is 1.78 bits per heavy atom. The normalized spacial score (nSPS) is 10.2. The standard InChI is InChI=1S/C14H16N2O2/c1-4-11-8-12(16-9-15-11)10-5-6-13(17-2)14(7-10)18-3/h5-9H,4H2,1-3H3. The van der Waals surface area contributed by atoms with Crippen molar-refractivity contribution in [2.24, 2.45) is 0 Å². The predicted octanol–water partition coefficient (Wildman–Crippen LogP) is 2.72. The Hall–Kier alpha value is -2.10. The van der Waals surface area contributed by atoms with Gasteiger partial charge in [-0.25, -0.2) is 9.97 Å². The lowest BCUT2D eigenvalue weighted by molar-refractivity contribution is 0.355. The molecule has 0 saturated heterocycles. The van der Waals surface area contributed by atoms with Gasteiger partial charge in [-0.15, -0.1) is 0 Å². The van der Waals surface area contributed by atoms with E-state index in [0.717, 1.165) is 23.4 Å². The average molecular weight is 244 g/mol. The van der Waals surface area contributed by atoms with E-state index in [9.17, 15) is 0 Å². The minimum atomic E-state index is 0.701. The number of nitrogens with zero attached hydrogens (tertiary/aromatic N) is 2. The summed E-state index contributed by atoms with van der Waals surface area (Å²) in [5.74, 6) is 1.41. The summed E-state index contributed by atoms with van der Waals surface area (Å²) in [4.78, 5) is 8.47. The van der Waals surface area contributed by atoms with Crippen LogP contribution in [-0.4, -0.2) is 24.2 Å². The van der Waals surface area contributed by atoms with E-state index in [1.54, 1.807) is 20.5 Å². The number of hydrogen-bond acceptors (Lipinski definition) is 4. The zero-order valence-electron chi connectivity index (χ0n) is 10.8. The van der Waals surface area contributed by atoms with Gasteiger partial charge in [0.25, 0.3) is 0 Å². The van der Waals surface area contributed by atoms with Crippen molar-refractivity contribution in [1.29, 1.82) is 0 Å². The van der Waals surface area contributed by atoms with E-state index >= 15 is 0 Å². The van der Waals surface area contributed by atoms with Crippen LogP contribution in [0.1, 0.15) is 12.6 Å². The van der Waals surface area contributed by atoms with E-state index < -0.39 is 0 Å². The van der Waals surface area contributed by atoms with Gasteiger partial charge in [0, 0.05) is 11.3 Å². The molecule has 2 rings (SSSR count). The Labute approximate surface area is 107 Å². The molecule has 0 N–H and O–H groups in total. The van der Waals surface area contributed by atoms with E-state index in [0.29, 0.717) is 11.5 Å². The minimum absolute atomic E-state index is 0.701. The van der Waals surface area contributed by atoms with Gasteiger partial charge in [-0.2, -0.15) is 0 Å². The zero-order valence-corrected chi connectivity index (χ0v) is 10.8. The van der Waals surface area contributed by atoms with Crippen molar-refractivity contribution in [3.8, 4) is 22.8 Å². The molecule has 0 aliphatic rings. The van der Waals surface area contributed by atoms with Crippen molar-refractivity contribution in [1.82, 2.24) is 9.97 Å². The van der Waals surface area contributed by atoms with E-state index in [1.807, 2.05) is 24.3 Å². The van der Waals surface area contributed by atoms with Crippen LogP contribution in [0.4, 0.5) is 0 Å². The molecule has 0 fully saturated rings. The first kappa shape index (κ1) is 12.4. The summed E-state index contributed by atoms with van der Waals surface area (Å²) >= 11 is 0. The third-order valence-electron chi connectivity index (χ3n) is 2.77. The molecule has 0 amide bonds. The molecule has 0 aliphatic heterocycles. The lowest BCUT2D eigenvalue weighted by Gasteiger charge is -2.09. The number of rotatable bonds is 4. The fourth-order valence-electron chi connectivity index (χ4n) is 1.74. The van der Waals surface area contributed by atoms with Gasteiger partial charge in [-0.1, -0.05) is 6.92 Å². The topological polar surface area (TPSA) is 44.2 Å². The van der Waals surface area contributed by atoms with Crippen LogP contribution in [-0.2, 0) is 6.42 Å². The first-order chi connectivity index (χ1) is 8.78. The molecule has 18 heavy (non-hydrogen) atoms. The van der Waals surface area contributed by atoms with Gasteiger partial charge in [0.05, 0.1) is 19.9 Å². The van der Waals surface area contributed by atoms with Crippen molar-refractivity contribution in [3.63, 3.8) is 0 Å². The van der Waals surface area contributed by atoms with Crippen molar-refractivity contribution in [2.75, 3.05) is 14.2 Å². The third kappa shape index (κ3) is 2.42. The molecule has 0 spiro atoms. The summed E-state index contributed by atoms with van der Waals surface area (Å²) in [5, 5.41) is 0. The molecule has 0 saturated carbocycles. The van der Waals surface area contributed by atoms with Crippen LogP contribution in [0.3, 0.4) is 0 Å². The van der Waals surface area contributed by atoms with Gasteiger partial charge in [0.1, 0.15) is 6.33 Å². The van der Waals surface area contributed by atoms with Crippen LogP contribution in [0.2, 0.25) is 0 Å². The van der Waals surface area contributed by atoms with Gasteiger partial charge in [-0.3, -0.25) is 0 Å². The lowest BCUT2D eigenvalue weighted by atomic mass is 10.1. The number of hydrogen-bond donors (Lipinski definition) is 0. The van der Waals surface area contributed by atoms with Gasteiger partial charge in [0.2, 0.25) is 0 Å². The molecule has 2 aromatic rings. The second kappa shape index (κ2) is 5.49. The van der Waals surface area contributed by atoms with Crippen molar-refractivity contribution < 1.29 is 9.47 Å². The molecule has 1 aromatic heterocycles. The fourth-order valence-corrected chi connectivity index (χ4v) is 1.74. The zero-order chi connectivity index (χ0) is 13.0. The van der Waals surface area contributed by atoms with Crippen molar-refractivity contribution in [2.45, 2.75) is 13.3 Å². The summed E-state index contributed by atoms with van der Waals surface area (Å²) in [6.07, 6.45) is 2.48. The second-order valence-electron chi connectivity index (χ2n) is 3.82. The Morgan fingerprint density at radius 1 is 1.00 bits per heavy atom. The van der Waals surface area contributed by atoms with E-state index in [1.165, 1.54) is 0 Å². The lowest BCUT2D eigenvalue weighted by Crippen LogP contribution is -1.93. The number of aryl methyl sites for hydroxylation is 1. The Bertz CT molecular complexity index is 541. The predicted molar refractivity (Wildman–Crippen MR) is 70.0 cm³/mol. The van der Waals surface area contributed by atoms with Crippen LogP contribution < -0.4 is 9.47 Å². The monoisotopic (exact) mass is 244 g/mol. The molecule has 1 heterocycles. The number of ether oxygens (including phenoxy) is 2. The SMILES string of the molecule is CCc1cc(-c2ccc(OC)c(OC)c2)ncn1. The van der Waals surface area contributed by atoms with Crippen LogP contribution >= 0.6 is 0 Å². The van der Waals surface area contributed by atoms with Gasteiger partial charge in [-0.05, 0) is 30.7 Å². The molecule has 0 atom stereocenters. The summed E-state index contributed by atoms with van der Waals surface area (Å²) in [6.45, 7) is 2.07. The highest BCUT2D eigenvalue weighted by Gasteiger charge is 2.07. The highest BCUT2D eigenvalue weighted by molar-refractivity contribution is 5.64. The highest BCUT2D eigenvalue weighted by Crippen LogP contribution is 2.31. The maximum atomic E-state index is 5.29. The Balaban J connectivity index is 2.43. The average Bonchev–Trinajstić information content (AvgIpc) is 2.46.